The highest BCUT2D eigenvalue weighted by Gasteiger charge is 2.32. The van der Waals surface area contributed by atoms with Crippen LogP contribution in [0.4, 0.5) is 0 Å². The lowest BCUT2D eigenvalue weighted by atomic mass is 10.1. The molecule has 3 rings (SSSR count). The predicted octanol–water partition coefficient (Wildman–Crippen LogP) is 2.19. The molecule has 2 aromatic rings. The van der Waals surface area contributed by atoms with Gasteiger partial charge in [-0.15, -0.1) is 0 Å². The summed E-state index contributed by atoms with van der Waals surface area (Å²) < 4.78 is 42.3. The van der Waals surface area contributed by atoms with E-state index in [0.29, 0.717) is 4.90 Å². The topological polar surface area (TPSA) is 71.4 Å². The second-order valence-electron chi connectivity index (χ2n) is 4.28. The van der Waals surface area contributed by atoms with Crippen molar-refractivity contribution in [2.24, 2.45) is 0 Å². The first-order chi connectivity index (χ1) is 8.97. The third kappa shape index (κ3) is 2.11. The van der Waals surface area contributed by atoms with Gasteiger partial charge in [-0.25, -0.2) is 0 Å². The number of hydrogen-bond acceptors (Lipinski definition) is 3. The third-order valence-electron chi connectivity index (χ3n) is 3.03. The summed E-state index contributed by atoms with van der Waals surface area (Å²) in [5.74, 6) is 0. The lowest BCUT2D eigenvalue weighted by molar-refractivity contribution is 0.483. The van der Waals surface area contributed by atoms with Gasteiger partial charge >= 0.3 is 0 Å². The fourth-order valence-corrected chi connectivity index (χ4v) is 4.68. The third-order valence-corrected chi connectivity index (χ3v) is 6.40. The molecule has 1 heterocycles. The monoisotopic (exact) mass is 294 g/mol. The molecule has 1 aliphatic heterocycles. The Morgan fingerprint density at radius 2 is 1.74 bits per heavy atom. The minimum atomic E-state index is -4.36. The van der Waals surface area contributed by atoms with Crippen molar-refractivity contribution in [2.75, 3.05) is 0 Å². The first kappa shape index (κ1) is 12.5. The minimum Gasteiger partial charge on any atom is -0.284 e. The maximum absolute atomic E-state index is 12.2. The molecule has 1 N–H and O–H groups in total. The first-order valence-corrected chi connectivity index (χ1v) is 8.26. The van der Waals surface area contributed by atoms with Gasteiger partial charge in [-0.1, -0.05) is 36.4 Å². The molecule has 6 heteroatoms. The second kappa shape index (κ2) is 4.26. The summed E-state index contributed by atoms with van der Waals surface area (Å²) in [7, 11) is -6.16. The molecule has 0 bridgehead atoms. The van der Waals surface area contributed by atoms with E-state index >= 15 is 0 Å². The van der Waals surface area contributed by atoms with Gasteiger partial charge in [0.1, 0.15) is 0 Å². The van der Waals surface area contributed by atoms with Crippen molar-refractivity contribution in [1.29, 1.82) is 0 Å². The number of benzene rings is 2. The lowest BCUT2D eigenvalue weighted by Crippen LogP contribution is -2.25. The highest BCUT2D eigenvalue weighted by molar-refractivity contribution is 8.03. The van der Waals surface area contributed by atoms with Crippen LogP contribution in [0, 0.1) is 0 Å². The van der Waals surface area contributed by atoms with Crippen LogP contribution >= 0.6 is 0 Å². The number of hydrogen-bond donors (Lipinski definition) is 1. The van der Waals surface area contributed by atoms with E-state index in [4.69, 9.17) is 4.55 Å². The van der Waals surface area contributed by atoms with Crippen molar-refractivity contribution >= 4 is 37.8 Å². The van der Waals surface area contributed by atoms with Crippen molar-refractivity contribution in [2.45, 2.75) is 9.48 Å². The summed E-state index contributed by atoms with van der Waals surface area (Å²) in [6, 6.07) is 11.1. The molecule has 2 aromatic carbocycles. The average Bonchev–Trinajstić information content (AvgIpc) is 2.36. The van der Waals surface area contributed by atoms with E-state index in [0.717, 1.165) is 16.3 Å². The van der Waals surface area contributed by atoms with Gasteiger partial charge in [-0.3, -0.25) is 8.76 Å². The zero-order valence-electron chi connectivity index (χ0n) is 9.68. The molecule has 1 aliphatic rings. The van der Waals surface area contributed by atoms with Gasteiger partial charge in [0.25, 0.3) is 10.1 Å². The van der Waals surface area contributed by atoms with Gasteiger partial charge in [0.2, 0.25) is 0 Å². The standard InChI is InChI=1S/C13H10O4S2/c14-18-12-8-10-4-2-1-3-9(10)7-11(12)5-6-13(18)19(15,16)17/h1-8,13H,(H,15,16,17). The van der Waals surface area contributed by atoms with Gasteiger partial charge in [0.05, 0.1) is 10.8 Å². The number of rotatable bonds is 1. The molecule has 0 fully saturated rings. The average molecular weight is 294 g/mol. The van der Waals surface area contributed by atoms with E-state index in [1.54, 1.807) is 12.1 Å². The molecule has 0 saturated heterocycles. The Morgan fingerprint density at radius 1 is 1.11 bits per heavy atom. The van der Waals surface area contributed by atoms with Gasteiger partial charge in [0, 0.05) is 4.90 Å². The largest absolute Gasteiger partial charge is 0.284 e. The Kier molecular flexibility index (Phi) is 2.81. The van der Waals surface area contributed by atoms with Gasteiger partial charge in [0.15, 0.2) is 4.58 Å². The second-order valence-corrected chi connectivity index (χ2v) is 7.66. The normalized spacial score (nSPS) is 22.4. The number of fused-ring (bicyclic) bond motifs is 2. The van der Waals surface area contributed by atoms with E-state index < -0.39 is 25.5 Å². The van der Waals surface area contributed by atoms with Crippen LogP contribution in [-0.2, 0) is 20.9 Å². The summed E-state index contributed by atoms with van der Waals surface area (Å²) in [5.41, 5.74) is 0.719. The first-order valence-electron chi connectivity index (χ1n) is 5.55. The van der Waals surface area contributed by atoms with Crippen LogP contribution in [-0.4, -0.2) is 21.8 Å². The molecular weight excluding hydrogens is 284 g/mol. The van der Waals surface area contributed by atoms with E-state index in [1.807, 2.05) is 30.3 Å². The van der Waals surface area contributed by atoms with E-state index in [-0.39, 0.29) is 0 Å². The van der Waals surface area contributed by atoms with Crippen LogP contribution in [0.15, 0.2) is 47.4 Å². The molecule has 4 nitrogen and oxygen atoms in total. The Hall–Kier alpha value is -1.50. The van der Waals surface area contributed by atoms with Crippen LogP contribution in [0.25, 0.3) is 16.8 Å². The Morgan fingerprint density at radius 3 is 2.37 bits per heavy atom. The predicted molar refractivity (Wildman–Crippen MR) is 74.7 cm³/mol. The molecule has 0 saturated carbocycles. The van der Waals surface area contributed by atoms with Crippen molar-refractivity contribution in [3.63, 3.8) is 0 Å². The molecule has 0 aliphatic carbocycles. The van der Waals surface area contributed by atoms with Crippen LogP contribution in [0.2, 0.25) is 0 Å². The zero-order valence-corrected chi connectivity index (χ0v) is 11.3. The lowest BCUT2D eigenvalue weighted by Gasteiger charge is -2.17. The molecule has 2 unspecified atom stereocenters. The maximum atomic E-state index is 12.2. The summed E-state index contributed by atoms with van der Waals surface area (Å²) in [6.45, 7) is 0. The zero-order chi connectivity index (χ0) is 13.6. The minimum absolute atomic E-state index is 0.434. The molecule has 0 amide bonds. The summed E-state index contributed by atoms with van der Waals surface area (Å²) in [4.78, 5) is 0.434. The maximum Gasteiger partial charge on any atom is 0.283 e. The molecular formula is C13H10O4S2. The van der Waals surface area contributed by atoms with Gasteiger partial charge < -0.3 is 0 Å². The smallest absolute Gasteiger partial charge is 0.283 e. The molecule has 2 atom stereocenters. The van der Waals surface area contributed by atoms with Crippen LogP contribution < -0.4 is 0 Å². The summed E-state index contributed by atoms with van der Waals surface area (Å²) >= 11 is 0. The fourth-order valence-electron chi connectivity index (χ4n) is 2.13. The van der Waals surface area contributed by atoms with Crippen LogP contribution in [0.3, 0.4) is 0 Å². The Labute approximate surface area is 113 Å². The van der Waals surface area contributed by atoms with Crippen molar-refractivity contribution in [3.8, 4) is 0 Å². The quantitative estimate of drug-likeness (QED) is 0.818. The van der Waals surface area contributed by atoms with E-state index in [9.17, 15) is 12.6 Å². The summed E-state index contributed by atoms with van der Waals surface area (Å²) in [6.07, 6.45) is 2.85. The van der Waals surface area contributed by atoms with Crippen molar-refractivity contribution < 1.29 is 17.2 Å². The Balaban J connectivity index is 2.24. The van der Waals surface area contributed by atoms with E-state index in [1.165, 1.54) is 6.08 Å². The molecule has 19 heavy (non-hydrogen) atoms. The van der Waals surface area contributed by atoms with Crippen molar-refractivity contribution in [1.82, 2.24) is 0 Å². The van der Waals surface area contributed by atoms with E-state index in [2.05, 4.69) is 0 Å². The van der Waals surface area contributed by atoms with Crippen molar-refractivity contribution in [3.05, 3.63) is 48.0 Å². The van der Waals surface area contributed by atoms with Crippen LogP contribution in [0.5, 0.6) is 0 Å². The molecule has 0 radical (unpaired) electrons. The molecule has 0 spiro atoms. The highest BCUT2D eigenvalue weighted by atomic mass is 32.3. The molecule has 0 aromatic heterocycles. The van der Waals surface area contributed by atoms with Crippen LogP contribution in [0.1, 0.15) is 5.56 Å². The fraction of sp³-hybridized carbons (Fsp3) is 0.0769. The SMILES string of the molecule is O=S1c2cc3ccccc3cc2C=CC1S(=O)(=O)O. The Bertz CT molecular complexity index is 822. The van der Waals surface area contributed by atoms with Gasteiger partial charge in [-0.05, 0) is 28.5 Å². The molecule has 98 valence electrons. The summed E-state index contributed by atoms with van der Waals surface area (Å²) in [5, 5.41) is 1.88. The van der Waals surface area contributed by atoms with Gasteiger partial charge in [-0.2, -0.15) is 8.42 Å². The highest BCUT2D eigenvalue weighted by Crippen LogP contribution is 2.30.